The molecule has 0 spiro atoms. The van der Waals surface area contributed by atoms with Crippen molar-refractivity contribution in [2.24, 2.45) is 0 Å². The summed E-state index contributed by atoms with van der Waals surface area (Å²) < 4.78 is 26.8. The van der Waals surface area contributed by atoms with Crippen LogP contribution in [0.2, 0.25) is 0 Å². The Kier molecular flexibility index (Phi) is 3.74. The van der Waals surface area contributed by atoms with E-state index in [2.05, 4.69) is 9.71 Å². The van der Waals surface area contributed by atoms with Gasteiger partial charge in [0.05, 0.1) is 4.90 Å². The van der Waals surface area contributed by atoms with Gasteiger partial charge in [0.1, 0.15) is 0 Å². The van der Waals surface area contributed by atoms with Gasteiger partial charge in [0, 0.05) is 18.4 Å². The molecular weight excluding hydrogens is 248 g/mol. The second-order valence-electron chi connectivity index (χ2n) is 3.94. The Morgan fingerprint density at radius 3 is 2.28 bits per heavy atom. The zero-order valence-corrected chi connectivity index (χ0v) is 10.8. The van der Waals surface area contributed by atoms with Crippen LogP contribution >= 0.6 is 0 Å². The predicted octanol–water partition coefficient (Wildman–Crippen LogP) is 2.12. The fourth-order valence-corrected chi connectivity index (χ4v) is 2.87. The van der Waals surface area contributed by atoms with Crippen LogP contribution in [0.25, 0.3) is 0 Å². The average Bonchev–Trinajstić information content (AvgIpc) is 2.40. The van der Waals surface area contributed by atoms with E-state index < -0.39 is 10.0 Å². The van der Waals surface area contributed by atoms with Crippen LogP contribution in [0.15, 0.2) is 59.8 Å². The standard InChI is InChI=1S/C13H14N2O2S/c1-11(12-7-9-14-10-8-12)15-18(16,17)13-5-3-2-4-6-13/h2-11,15H,1H3/t11-/m1/s1. The molecule has 18 heavy (non-hydrogen) atoms. The van der Waals surface area contributed by atoms with Crippen LogP contribution in [-0.2, 0) is 10.0 Å². The van der Waals surface area contributed by atoms with E-state index in [1.54, 1.807) is 61.8 Å². The Balaban J connectivity index is 2.20. The van der Waals surface area contributed by atoms with Crippen LogP contribution in [0.4, 0.5) is 0 Å². The topological polar surface area (TPSA) is 59.1 Å². The Morgan fingerprint density at radius 1 is 1.06 bits per heavy atom. The molecule has 1 aromatic carbocycles. The molecule has 0 aliphatic rings. The molecule has 0 aliphatic carbocycles. The first-order chi connectivity index (χ1) is 8.59. The zero-order valence-electron chi connectivity index (χ0n) is 9.95. The summed E-state index contributed by atoms with van der Waals surface area (Å²) in [4.78, 5) is 4.17. The van der Waals surface area contributed by atoms with Gasteiger partial charge in [-0.3, -0.25) is 4.98 Å². The Bertz CT molecular complexity index is 597. The number of nitrogens with zero attached hydrogens (tertiary/aromatic N) is 1. The predicted molar refractivity (Wildman–Crippen MR) is 69.4 cm³/mol. The summed E-state index contributed by atoms with van der Waals surface area (Å²) in [6.45, 7) is 1.80. The molecule has 1 atom stereocenters. The van der Waals surface area contributed by atoms with Crippen molar-refractivity contribution >= 4 is 10.0 Å². The van der Waals surface area contributed by atoms with Crippen LogP contribution in [0.5, 0.6) is 0 Å². The van der Waals surface area contributed by atoms with Crippen molar-refractivity contribution < 1.29 is 8.42 Å². The molecule has 94 valence electrons. The highest BCUT2D eigenvalue weighted by Gasteiger charge is 2.17. The van der Waals surface area contributed by atoms with Gasteiger partial charge >= 0.3 is 0 Å². The van der Waals surface area contributed by atoms with E-state index in [4.69, 9.17) is 0 Å². The summed E-state index contributed by atoms with van der Waals surface area (Å²) in [7, 11) is -3.48. The molecule has 5 heteroatoms. The maximum atomic E-state index is 12.1. The third-order valence-corrected chi connectivity index (χ3v) is 4.15. The number of pyridine rings is 1. The SMILES string of the molecule is C[C@@H](NS(=O)(=O)c1ccccc1)c1ccncc1. The molecule has 1 N–H and O–H groups in total. The van der Waals surface area contributed by atoms with E-state index >= 15 is 0 Å². The first-order valence-corrected chi connectivity index (χ1v) is 7.05. The lowest BCUT2D eigenvalue weighted by atomic mass is 10.1. The summed E-state index contributed by atoms with van der Waals surface area (Å²) >= 11 is 0. The number of hydrogen-bond acceptors (Lipinski definition) is 3. The van der Waals surface area contributed by atoms with Crippen molar-refractivity contribution in [2.75, 3.05) is 0 Å². The highest BCUT2D eigenvalue weighted by Crippen LogP contribution is 2.15. The summed E-state index contributed by atoms with van der Waals surface area (Å²) in [6.07, 6.45) is 3.28. The maximum Gasteiger partial charge on any atom is 0.241 e. The van der Waals surface area contributed by atoms with Crippen molar-refractivity contribution in [3.05, 3.63) is 60.4 Å². The van der Waals surface area contributed by atoms with Gasteiger partial charge in [-0.15, -0.1) is 0 Å². The molecule has 0 bridgehead atoms. The first kappa shape index (κ1) is 12.7. The number of rotatable bonds is 4. The van der Waals surface area contributed by atoms with E-state index in [0.29, 0.717) is 0 Å². The van der Waals surface area contributed by atoms with Crippen molar-refractivity contribution in [3.8, 4) is 0 Å². The van der Waals surface area contributed by atoms with Gasteiger partial charge in [-0.25, -0.2) is 13.1 Å². The van der Waals surface area contributed by atoms with E-state index in [0.717, 1.165) is 5.56 Å². The first-order valence-electron chi connectivity index (χ1n) is 5.57. The number of benzene rings is 1. The molecule has 0 amide bonds. The molecule has 2 rings (SSSR count). The lowest BCUT2D eigenvalue weighted by molar-refractivity contribution is 0.567. The fraction of sp³-hybridized carbons (Fsp3) is 0.154. The Morgan fingerprint density at radius 2 is 1.67 bits per heavy atom. The second kappa shape index (κ2) is 5.29. The lowest BCUT2D eigenvalue weighted by Gasteiger charge is -2.14. The normalized spacial score (nSPS) is 13.2. The molecule has 0 saturated heterocycles. The molecular formula is C13H14N2O2S. The minimum absolute atomic E-state index is 0.269. The fourth-order valence-electron chi connectivity index (χ4n) is 1.62. The molecule has 0 aliphatic heterocycles. The number of nitrogens with one attached hydrogen (secondary N) is 1. The Labute approximate surface area is 107 Å². The van der Waals surface area contributed by atoms with Crippen LogP contribution in [-0.4, -0.2) is 13.4 Å². The van der Waals surface area contributed by atoms with E-state index in [-0.39, 0.29) is 10.9 Å². The van der Waals surface area contributed by atoms with Crippen LogP contribution in [0, 0.1) is 0 Å². The second-order valence-corrected chi connectivity index (χ2v) is 5.65. The molecule has 4 nitrogen and oxygen atoms in total. The van der Waals surface area contributed by atoms with Crippen LogP contribution in [0.1, 0.15) is 18.5 Å². The summed E-state index contributed by atoms with van der Waals surface area (Å²) in [5.74, 6) is 0. The van der Waals surface area contributed by atoms with Crippen LogP contribution in [0.3, 0.4) is 0 Å². The van der Waals surface area contributed by atoms with E-state index in [1.807, 2.05) is 0 Å². The highest BCUT2D eigenvalue weighted by molar-refractivity contribution is 7.89. The van der Waals surface area contributed by atoms with Crippen molar-refractivity contribution in [3.63, 3.8) is 0 Å². The van der Waals surface area contributed by atoms with Gasteiger partial charge in [0.15, 0.2) is 0 Å². The molecule has 0 unspecified atom stereocenters. The van der Waals surface area contributed by atoms with Crippen LogP contribution < -0.4 is 4.72 Å². The molecule has 0 saturated carbocycles. The summed E-state index contributed by atoms with van der Waals surface area (Å²) in [5, 5.41) is 0. The minimum atomic E-state index is -3.48. The average molecular weight is 262 g/mol. The van der Waals surface area contributed by atoms with E-state index in [1.165, 1.54) is 0 Å². The monoisotopic (exact) mass is 262 g/mol. The van der Waals surface area contributed by atoms with Gasteiger partial charge in [-0.1, -0.05) is 18.2 Å². The van der Waals surface area contributed by atoms with E-state index in [9.17, 15) is 8.42 Å². The smallest absolute Gasteiger partial charge is 0.241 e. The summed E-state index contributed by atoms with van der Waals surface area (Å²) in [5.41, 5.74) is 0.879. The molecule has 0 fully saturated rings. The van der Waals surface area contributed by atoms with Gasteiger partial charge in [0.2, 0.25) is 10.0 Å². The third kappa shape index (κ3) is 2.94. The third-order valence-electron chi connectivity index (χ3n) is 2.59. The van der Waals surface area contributed by atoms with Gasteiger partial charge in [0.25, 0.3) is 0 Å². The van der Waals surface area contributed by atoms with Crippen molar-refractivity contribution in [1.29, 1.82) is 0 Å². The van der Waals surface area contributed by atoms with Crippen molar-refractivity contribution in [1.82, 2.24) is 9.71 Å². The largest absolute Gasteiger partial charge is 0.265 e. The van der Waals surface area contributed by atoms with Gasteiger partial charge in [-0.2, -0.15) is 0 Å². The van der Waals surface area contributed by atoms with Crippen molar-refractivity contribution in [2.45, 2.75) is 17.9 Å². The number of aromatic nitrogens is 1. The van der Waals surface area contributed by atoms with Gasteiger partial charge in [-0.05, 0) is 36.8 Å². The number of hydrogen-bond donors (Lipinski definition) is 1. The Hall–Kier alpha value is -1.72. The summed E-state index contributed by atoms with van der Waals surface area (Å²) in [6, 6.07) is 11.6. The quantitative estimate of drug-likeness (QED) is 0.918. The molecule has 2 aromatic rings. The molecule has 1 aromatic heterocycles. The van der Waals surface area contributed by atoms with Gasteiger partial charge < -0.3 is 0 Å². The molecule has 1 heterocycles. The zero-order chi connectivity index (χ0) is 13.0. The highest BCUT2D eigenvalue weighted by atomic mass is 32.2. The molecule has 0 radical (unpaired) electrons. The minimum Gasteiger partial charge on any atom is -0.265 e. The number of sulfonamides is 1. The maximum absolute atomic E-state index is 12.1. The lowest BCUT2D eigenvalue weighted by Crippen LogP contribution is -2.26.